The molecular formula is C11H20O2S. The highest BCUT2D eigenvalue weighted by molar-refractivity contribution is 7.99. The predicted molar refractivity (Wildman–Crippen MR) is 62.6 cm³/mol. The molecule has 2 nitrogen and oxygen atoms in total. The first kappa shape index (κ1) is 13.6. The van der Waals surface area contributed by atoms with Crippen LogP contribution in [0.3, 0.4) is 0 Å². The van der Waals surface area contributed by atoms with Gasteiger partial charge in [-0.1, -0.05) is 26.8 Å². The van der Waals surface area contributed by atoms with Crippen LogP contribution in [0.4, 0.5) is 0 Å². The molecule has 0 aromatic heterocycles. The van der Waals surface area contributed by atoms with Gasteiger partial charge >= 0.3 is 5.97 Å². The van der Waals surface area contributed by atoms with Crippen molar-refractivity contribution < 1.29 is 9.53 Å². The Morgan fingerprint density at radius 1 is 1.50 bits per heavy atom. The lowest BCUT2D eigenvalue weighted by molar-refractivity contribution is -0.136. The molecule has 0 aliphatic rings. The number of carbonyl (C=O) groups excluding carboxylic acids is 1. The van der Waals surface area contributed by atoms with E-state index < -0.39 is 0 Å². The second-order valence-corrected chi connectivity index (χ2v) is 4.58. The standard InChI is InChI=1S/C11H20O2S/c1-5-10(11(12)13-4)6-7-14-8-9(2)3/h6,9H,5,7-8H2,1-4H3. The topological polar surface area (TPSA) is 26.3 Å². The van der Waals surface area contributed by atoms with E-state index in [1.165, 1.54) is 7.11 Å². The molecule has 0 saturated carbocycles. The highest BCUT2D eigenvalue weighted by Crippen LogP contribution is 2.10. The van der Waals surface area contributed by atoms with E-state index in [4.69, 9.17) is 0 Å². The van der Waals surface area contributed by atoms with Gasteiger partial charge in [-0.2, -0.15) is 11.8 Å². The second kappa shape index (κ2) is 7.92. The van der Waals surface area contributed by atoms with Crippen LogP contribution in [-0.2, 0) is 9.53 Å². The van der Waals surface area contributed by atoms with Gasteiger partial charge in [0.1, 0.15) is 0 Å². The van der Waals surface area contributed by atoms with E-state index in [0.717, 1.165) is 23.5 Å². The fourth-order valence-corrected chi connectivity index (χ4v) is 1.89. The molecule has 0 amide bonds. The minimum absolute atomic E-state index is 0.197. The summed E-state index contributed by atoms with van der Waals surface area (Å²) in [5.41, 5.74) is 0.781. The largest absolute Gasteiger partial charge is 0.466 e. The van der Waals surface area contributed by atoms with E-state index in [0.29, 0.717) is 5.92 Å². The van der Waals surface area contributed by atoms with E-state index in [-0.39, 0.29) is 5.97 Å². The Hall–Kier alpha value is -0.440. The summed E-state index contributed by atoms with van der Waals surface area (Å²) in [6, 6.07) is 0. The summed E-state index contributed by atoms with van der Waals surface area (Å²) < 4.78 is 4.66. The highest BCUT2D eigenvalue weighted by atomic mass is 32.2. The van der Waals surface area contributed by atoms with Crippen LogP contribution in [0, 0.1) is 5.92 Å². The fraction of sp³-hybridized carbons (Fsp3) is 0.727. The number of ether oxygens (including phenoxy) is 1. The van der Waals surface area contributed by atoms with Crippen LogP contribution >= 0.6 is 11.8 Å². The molecule has 3 heteroatoms. The van der Waals surface area contributed by atoms with Gasteiger partial charge in [0.2, 0.25) is 0 Å². The first-order valence-electron chi connectivity index (χ1n) is 4.96. The van der Waals surface area contributed by atoms with Crippen molar-refractivity contribution in [1.82, 2.24) is 0 Å². The molecule has 0 heterocycles. The van der Waals surface area contributed by atoms with Crippen LogP contribution in [0.1, 0.15) is 27.2 Å². The average Bonchev–Trinajstić information content (AvgIpc) is 2.16. The molecule has 0 saturated heterocycles. The summed E-state index contributed by atoms with van der Waals surface area (Å²) in [5, 5.41) is 0. The average molecular weight is 216 g/mol. The molecule has 0 aromatic carbocycles. The van der Waals surface area contributed by atoms with E-state index >= 15 is 0 Å². The van der Waals surface area contributed by atoms with E-state index in [1.807, 2.05) is 24.8 Å². The summed E-state index contributed by atoms with van der Waals surface area (Å²) in [4.78, 5) is 11.2. The van der Waals surface area contributed by atoms with Crippen LogP contribution in [0.5, 0.6) is 0 Å². The molecule has 0 aliphatic carbocycles. The molecule has 0 N–H and O–H groups in total. The van der Waals surface area contributed by atoms with E-state index in [2.05, 4.69) is 18.6 Å². The van der Waals surface area contributed by atoms with Crippen molar-refractivity contribution in [2.75, 3.05) is 18.6 Å². The Kier molecular flexibility index (Phi) is 7.67. The Morgan fingerprint density at radius 2 is 2.14 bits per heavy atom. The minimum atomic E-state index is -0.197. The smallest absolute Gasteiger partial charge is 0.333 e. The van der Waals surface area contributed by atoms with Gasteiger partial charge in [-0.3, -0.25) is 0 Å². The summed E-state index contributed by atoms with van der Waals surface area (Å²) >= 11 is 1.85. The first-order valence-corrected chi connectivity index (χ1v) is 6.12. The van der Waals surface area contributed by atoms with Gasteiger partial charge in [0.05, 0.1) is 7.11 Å². The lowest BCUT2D eigenvalue weighted by Gasteiger charge is -2.03. The van der Waals surface area contributed by atoms with Crippen LogP contribution in [0.2, 0.25) is 0 Å². The third-order valence-corrected chi connectivity index (χ3v) is 3.03. The molecule has 0 radical (unpaired) electrons. The van der Waals surface area contributed by atoms with Crippen LogP contribution in [0.25, 0.3) is 0 Å². The number of thioether (sulfide) groups is 1. The molecule has 0 spiro atoms. The van der Waals surface area contributed by atoms with Crippen molar-refractivity contribution >= 4 is 17.7 Å². The maximum Gasteiger partial charge on any atom is 0.333 e. The molecular weight excluding hydrogens is 196 g/mol. The Labute approximate surface area is 91.1 Å². The van der Waals surface area contributed by atoms with Crippen molar-refractivity contribution in [2.24, 2.45) is 5.92 Å². The molecule has 0 unspecified atom stereocenters. The SMILES string of the molecule is CCC(=CCSCC(C)C)C(=O)OC. The number of hydrogen-bond donors (Lipinski definition) is 0. The third-order valence-electron chi connectivity index (χ3n) is 1.73. The van der Waals surface area contributed by atoms with Gasteiger partial charge in [-0.25, -0.2) is 4.79 Å². The number of hydrogen-bond acceptors (Lipinski definition) is 3. The fourth-order valence-electron chi connectivity index (χ4n) is 0.966. The van der Waals surface area contributed by atoms with Gasteiger partial charge in [0.15, 0.2) is 0 Å². The van der Waals surface area contributed by atoms with Crippen LogP contribution in [0.15, 0.2) is 11.6 Å². The lowest BCUT2D eigenvalue weighted by Crippen LogP contribution is -2.04. The number of esters is 1. The van der Waals surface area contributed by atoms with Crippen molar-refractivity contribution in [3.8, 4) is 0 Å². The first-order chi connectivity index (χ1) is 6.61. The summed E-state index contributed by atoms with van der Waals surface area (Å²) in [6.45, 7) is 6.35. The molecule has 82 valence electrons. The summed E-state index contributed by atoms with van der Waals surface area (Å²) in [5.74, 6) is 2.54. The number of methoxy groups -OCH3 is 1. The second-order valence-electron chi connectivity index (χ2n) is 3.51. The maximum atomic E-state index is 11.2. The monoisotopic (exact) mass is 216 g/mol. The molecule has 0 aromatic rings. The number of carbonyl (C=O) groups is 1. The molecule has 0 rings (SSSR count). The van der Waals surface area contributed by atoms with Gasteiger partial charge in [-0.15, -0.1) is 0 Å². The van der Waals surface area contributed by atoms with Crippen molar-refractivity contribution in [1.29, 1.82) is 0 Å². The molecule has 0 atom stereocenters. The normalized spacial score (nSPS) is 11.9. The van der Waals surface area contributed by atoms with Crippen molar-refractivity contribution in [2.45, 2.75) is 27.2 Å². The predicted octanol–water partition coefficient (Wildman–Crippen LogP) is 2.89. The Morgan fingerprint density at radius 3 is 2.57 bits per heavy atom. The zero-order valence-electron chi connectivity index (χ0n) is 9.50. The Balaban J connectivity index is 3.87. The van der Waals surface area contributed by atoms with Crippen LogP contribution < -0.4 is 0 Å². The Bertz CT molecular complexity index is 197. The highest BCUT2D eigenvalue weighted by Gasteiger charge is 2.05. The van der Waals surface area contributed by atoms with Crippen molar-refractivity contribution in [3.05, 3.63) is 11.6 Å². The third kappa shape index (κ3) is 6.08. The van der Waals surface area contributed by atoms with Crippen LogP contribution in [-0.4, -0.2) is 24.6 Å². The van der Waals surface area contributed by atoms with E-state index in [9.17, 15) is 4.79 Å². The minimum Gasteiger partial charge on any atom is -0.466 e. The van der Waals surface area contributed by atoms with E-state index in [1.54, 1.807) is 0 Å². The molecule has 0 aliphatic heterocycles. The van der Waals surface area contributed by atoms with Gasteiger partial charge in [0, 0.05) is 11.3 Å². The molecule has 0 fully saturated rings. The maximum absolute atomic E-state index is 11.2. The lowest BCUT2D eigenvalue weighted by atomic mass is 10.2. The number of rotatable bonds is 6. The quantitative estimate of drug-likeness (QED) is 0.388. The summed E-state index contributed by atoms with van der Waals surface area (Å²) in [6.07, 6.45) is 2.72. The van der Waals surface area contributed by atoms with Gasteiger partial charge in [-0.05, 0) is 18.1 Å². The van der Waals surface area contributed by atoms with Gasteiger partial charge in [0.25, 0.3) is 0 Å². The summed E-state index contributed by atoms with van der Waals surface area (Å²) in [7, 11) is 1.42. The van der Waals surface area contributed by atoms with Gasteiger partial charge < -0.3 is 4.74 Å². The molecule has 0 bridgehead atoms. The zero-order valence-corrected chi connectivity index (χ0v) is 10.3. The molecule has 14 heavy (non-hydrogen) atoms. The van der Waals surface area contributed by atoms with Crippen molar-refractivity contribution in [3.63, 3.8) is 0 Å². The zero-order chi connectivity index (χ0) is 11.0.